The monoisotopic (exact) mass is 291 g/mol. The van der Waals surface area contributed by atoms with Crippen LogP contribution in [0.4, 0.5) is 11.4 Å². The van der Waals surface area contributed by atoms with Crippen molar-refractivity contribution < 1.29 is 14.3 Å². The molecule has 1 aromatic carbocycles. The van der Waals surface area contributed by atoms with Crippen LogP contribution >= 0.6 is 0 Å². The lowest BCUT2D eigenvalue weighted by Crippen LogP contribution is -2.38. The molecule has 6 heteroatoms. The molecule has 1 saturated carbocycles. The summed E-state index contributed by atoms with van der Waals surface area (Å²) in [6.07, 6.45) is 5.47. The minimum Gasteiger partial charge on any atom is -0.452 e. The highest BCUT2D eigenvalue weighted by molar-refractivity contribution is 5.93. The van der Waals surface area contributed by atoms with Gasteiger partial charge in [0.1, 0.15) is 0 Å². The number of nitrogens with one attached hydrogen (secondary N) is 1. The Hall–Kier alpha value is -2.24. The molecule has 114 valence electrons. The number of benzene rings is 1. The first-order valence-corrected chi connectivity index (χ1v) is 7.17. The van der Waals surface area contributed by atoms with Crippen molar-refractivity contribution in [3.63, 3.8) is 0 Å². The van der Waals surface area contributed by atoms with Crippen molar-refractivity contribution in [1.82, 2.24) is 5.32 Å². The molecule has 1 amide bonds. The molecule has 1 fully saturated rings. The van der Waals surface area contributed by atoms with Crippen LogP contribution in [0.5, 0.6) is 0 Å². The van der Waals surface area contributed by atoms with Gasteiger partial charge in [-0.05, 0) is 31.0 Å². The largest absolute Gasteiger partial charge is 0.452 e. The van der Waals surface area contributed by atoms with Crippen molar-refractivity contribution in [2.75, 3.05) is 18.1 Å². The van der Waals surface area contributed by atoms with Crippen LogP contribution in [0.3, 0.4) is 0 Å². The molecular weight excluding hydrogens is 270 g/mol. The van der Waals surface area contributed by atoms with Crippen LogP contribution in [-0.2, 0) is 9.53 Å². The van der Waals surface area contributed by atoms with Crippen LogP contribution in [0.25, 0.3) is 0 Å². The van der Waals surface area contributed by atoms with E-state index in [0.717, 1.165) is 25.7 Å². The number of anilines is 2. The minimum absolute atomic E-state index is 0.202. The summed E-state index contributed by atoms with van der Waals surface area (Å²) < 4.78 is 4.98. The lowest BCUT2D eigenvalue weighted by atomic mass is 9.95. The van der Waals surface area contributed by atoms with Gasteiger partial charge in [0.05, 0.1) is 5.56 Å². The predicted molar refractivity (Wildman–Crippen MR) is 80.6 cm³/mol. The van der Waals surface area contributed by atoms with Crippen molar-refractivity contribution in [3.8, 4) is 0 Å². The second-order valence-electron chi connectivity index (χ2n) is 5.37. The number of rotatable bonds is 4. The fourth-order valence-electron chi connectivity index (χ4n) is 2.53. The average Bonchev–Trinajstić information content (AvgIpc) is 2.45. The summed E-state index contributed by atoms with van der Waals surface area (Å²) in [7, 11) is 0. The number of carbonyl (C=O) groups is 2. The summed E-state index contributed by atoms with van der Waals surface area (Å²) in [5.41, 5.74) is 12.2. The highest BCUT2D eigenvalue weighted by Crippen LogP contribution is 2.17. The van der Waals surface area contributed by atoms with Crippen LogP contribution in [0.15, 0.2) is 18.2 Å². The molecule has 21 heavy (non-hydrogen) atoms. The molecule has 5 N–H and O–H groups in total. The Balaban J connectivity index is 1.81. The standard InChI is InChI=1S/C15H21N3O3/c16-11-6-10(7-12(17)8-11)15(20)21-9-14(19)18-13-4-2-1-3-5-13/h6-8,13H,1-5,9,16-17H2,(H,18,19). The van der Waals surface area contributed by atoms with Crippen LogP contribution in [0, 0.1) is 0 Å². The van der Waals surface area contributed by atoms with Gasteiger partial charge >= 0.3 is 5.97 Å². The lowest BCUT2D eigenvalue weighted by molar-refractivity contribution is -0.125. The molecule has 1 aliphatic carbocycles. The van der Waals surface area contributed by atoms with E-state index >= 15 is 0 Å². The number of ether oxygens (including phenoxy) is 1. The van der Waals surface area contributed by atoms with Gasteiger partial charge in [-0.3, -0.25) is 4.79 Å². The maximum Gasteiger partial charge on any atom is 0.338 e. The third kappa shape index (κ3) is 4.66. The third-order valence-corrected chi connectivity index (χ3v) is 3.52. The van der Waals surface area contributed by atoms with E-state index in [0.29, 0.717) is 11.4 Å². The molecular formula is C15H21N3O3. The first kappa shape index (κ1) is 15.2. The highest BCUT2D eigenvalue weighted by Gasteiger charge is 2.17. The second kappa shape index (κ2) is 6.97. The van der Waals surface area contributed by atoms with E-state index in [2.05, 4.69) is 5.32 Å². The highest BCUT2D eigenvalue weighted by atomic mass is 16.5. The number of nitrogens with two attached hydrogens (primary N) is 2. The summed E-state index contributed by atoms with van der Waals surface area (Å²) in [5.74, 6) is -0.875. The summed E-state index contributed by atoms with van der Waals surface area (Å²) in [5, 5.41) is 2.88. The number of esters is 1. The zero-order valence-corrected chi connectivity index (χ0v) is 11.9. The van der Waals surface area contributed by atoms with Gasteiger partial charge in [-0.15, -0.1) is 0 Å². The summed E-state index contributed by atoms with van der Waals surface area (Å²) in [6, 6.07) is 4.69. The van der Waals surface area contributed by atoms with Crippen LogP contribution < -0.4 is 16.8 Å². The molecule has 1 aromatic rings. The van der Waals surface area contributed by atoms with Crippen molar-refractivity contribution >= 4 is 23.3 Å². The van der Waals surface area contributed by atoms with Gasteiger partial charge in [0.15, 0.2) is 6.61 Å². The van der Waals surface area contributed by atoms with Gasteiger partial charge in [0.25, 0.3) is 5.91 Å². The maximum absolute atomic E-state index is 11.8. The molecule has 0 bridgehead atoms. The van der Waals surface area contributed by atoms with Crippen molar-refractivity contribution in [2.24, 2.45) is 0 Å². The quantitative estimate of drug-likeness (QED) is 0.575. The van der Waals surface area contributed by atoms with Gasteiger partial charge in [0, 0.05) is 17.4 Å². The lowest BCUT2D eigenvalue weighted by Gasteiger charge is -2.22. The van der Waals surface area contributed by atoms with E-state index in [9.17, 15) is 9.59 Å². The predicted octanol–water partition coefficient (Wildman–Crippen LogP) is 1.46. The van der Waals surface area contributed by atoms with Gasteiger partial charge in [-0.1, -0.05) is 19.3 Å². The number of carbonyl (C=O) groups excluding carboxylic acids is 2. The van der Waals surface area contributed by atoms with Gasteiger partial charge in [0.2, 0.25) is 0 Å². The van der Waals surface area contributed by atoms with E-state index < -0.39 is 5.97 Å². The fourth-order valence-corrected chi connectivity index (χ4v) is 2.53. The molecule has 0 atom stereocenters. The Kier molecular flexibility index (Phi) is 5.03. The van der Waals surface area contributed by atoms with Crippen molar-refractivity contribution in [1.29, 1.82) is 0 Å². The SMILES string of the molecule is Nc1cc(N)cc(C(=O)OCC(=O)NC2CCCCC2)c1. The Morgan fingerprint density at radius 1 is 1.10 bits per heavy atom. The van der Waals surface area contributed by atoms with E-state index in [-0.39, 0.29) is 24.1 Å². The zero-order valence-electron chi connectivity index (χ0n) is 11.9. The molecule has 0 radical (unpaired) electrons. The smallest absolute Gasteiger partial charge is 0.338 e. The van der Waals surface area contributed by atoms with Crippen LogP contribution in [0.1, 0.15) is 42.5 Å². The number of hydrogen-bond acceptors (Lipinski definition) is 5. The van der Waals surface area contributed by atoms with Gasteiger partial charge < -0.3 is 21.5 Å². The minimum atomic E-state index is -0.604. The Morgan fingerprint density at radius 2 is 1.71 bits per heavy atom. The molecule has 0 saturated heterocycles. The van der Waals surface area contributed by atoms with E-state index in [4.69, 9.17) is 16.2 Å². The topological polar surface area (TPSA) is 107 Å². The number of nitrogen functional groups attached to an aromatic ring is 2. The zero-order chi connectivity index (χ0) is 15.2. The van der Waals surface area contributed by atoms with Gasteiger partial charge in [-0.25, -0.2) is 4.79 Å². The third-order valence-electron chi connectivity index (χ3n) is 3.52. The van der Waals surface area contributed by atoms with Crippen molar-refractivity contribution in [2.45, 2.75) is 38.1 Å². The molecule has 1 aliphatic rings. The molecule has 0 aromatic heterocycles. The summed E-state index contributed by atoms with van der Waals surface area (Å²) in [6.45, 7) is -0.288. The Bertz CT molecular complexity index is 505. The van der Waals surface area contributed by atoms with E-state index in [1.165, 1.54) is 18.6 Å². The Morgan fingerprint density at radius 3 is 2.33 bits per heavy atom. The van der Waals surface area contributed by atoms with Gasteiger partial charge in [-0.2, -0.15) is 0 Å². The molecule has 0 spiro atoms. The molecule has 2 rings (SSSR count). The molecule has 0 heterocycles. The first-order valence-electron chi connectivity index (χ1n) is 7.17. The molecule has 6 nitrogen and oxygen atoms in total. The number of hydrogen-bond donors (Lipinski definition) is 3. The first-order chi connectivity index (χ1) is 10.0. The van der Waals surface area contributed by atoms with Crippen molar-refractivity contribution in [3.05, 3.63) is 23.8 Å². The normalized spacial score (nSPS) is 15.4. The molecule has 0 aliphatic heterocycles. The average molecular weight is 291 g/mol. The van der Waals surface area contributed by atoms with Crippen LogP contribution in [0.2, 0.25) is 0 Å². The van der Waals surface area contributed by atoms with E-state index in [1.807, 2.05) is 0 Å². The van der Waals surface area contributed by atoms with E-state index in [1.54, 1.807) is 6.07 Å². The second-order valence-corrected chi connectivity index (χ2v) is 5.37. The Labute approximate surface area is 123 Å². The fraction of sp³-hybridized carbons (Fsp3) is 0.467. The molecule has 0 unspecified atom stereocenters. The maximum atomic E-state index is 11.8. The summed E-state index contributed by atoms with van der Waals surface area (Å²) >= 11 is 0. The number of amides is 1. The summed E-state index contributed by atoms with van der Waals surface area (Å²) in [4.78, 5) is 23.6. The van der Waals surface area contributed by atoms with Crippen LogP contribution in [-0.4, -0.2) is 24.5 Å².